The van der Waals surface area contributed by atoms with E-state index in [1.807, 2.05) is 24.3 Å². The molecule has 0 aliphatic carbocycles. The molecule has 6 heteroatoms. The smallest absolute Gasteiger partial charge is 0.336 e. The van der Waals surface area contributed by atoms with Crippen molar-refractivity contribution in [1.29, 1.82) is 0 Å². The Morgan fingerprint density at radius 2 is 2.38 bits per heavy atom. The minimum atomic E-state index is -0.496. The number of hydrogen-bond donors (Lipinski definition) is 1. The van der Waals surface area contributed by atoms with E-state index in [9.17, 15) is 4.79 Å². The first-order valence-corrected chi connectivity index (χ1v) is 7.06. The van der Waals surface area contributed by atoms with Crippen molar-refractivity contribution in [3.8, 4) is 5.75 Å². The molecule has 2 N–H and O–H groups in total. The lowest BCUT2D eigenvalue weighted by Gasteiger charge is -2.31. The van der Waals surface area contributed by atoms with Crippen LogP contribution in [-0.2, 0) is 20.8 Å². The zero-order valence-corrected chi connectivity index (χ0v) is 12.3. The van der Waals surface area contributed by atoms with Crippen molar-refractivity contribution < 1.29 is 19.0 Å². The summed E-state index contributed by atoms with van der Waals surface area (Å²) in [7, 11) is 1.37. The second kappa shape index (κ2) is 7.97. The van der Waals surface area contributed by atoms with Gasteiger partial charge in [0.05, 0.1) is 13.7 Å². The fraction of sp³-hybridized carbons (Fsp3) is 0.533. The zero-order valence-electron chi connectivity index (χ0n) is 12.3. The van der Waals surface area contributed by atoms with Crippen molar-refractivity contribution in [1.82, 2.24) is 4.90 Å². The van der Waals surface area contributed by atoms with Gasteiger partial charge in [0.2, 0.25) is 0 Å². The molecule has 1 aromatic rings. The molecule has 1 aliphatic heterocycles. The molecule has 0 radical (unpaired) electrons. The lowest BCUT2D eigenvalue weighted by Crippen LogP contribution is -2.47. The molecule has 1 aromatic carbocycles. The highest BCUT2D eigenvalue weighted by atomic mass is 16.6. The highest BCUT2D eigenvalue weighted by Gasteiger charge is 2.26. The molecule has 1 saturated heterocycles. The molecular weight excluding hydrogens is 272 g/mol. The maximum atomic E-state index is 11.5. The first kappa shape index (κ1) is 15.8. The number of nitrogens with two attached hydrogens (primary N) is 1. The first-order valence-electron chi connectivity index (χ1n) is 7.06. The van der Waals surface area contributed by atoms with Crippen molar-refractivity contribution in [2.24, 2.45) is 5.73 Å². The van der Waals surface area contributed by atoms with E-state index in [1.54, 1.807) is 0 Å². The Morgan fingerprint density at radius 1 is 1.52 bits per heavy atom. The van der Waals surface area contributed by atoms with Crippen LogP contribution in [0, 0.1) is 0 Å². The van der Waals surface area contributed by atoms with Crippen molar-refractivity contribution in [3.05, 3.63) is 29.8 Å². The van der Waals surface area contributed by atoms with Gasteiger partial charge in [-0.3, -0.25) is 4.90 Å². The predicted molar refractivity (Wildman–Crippen MR) is 78.0 cm³/mol. The van der Waals surface area contributed by atoms with Crippen LogP contribution in [0.15, 0.2) is 24.3 Å². The van der Waals surface area contributed by atoms with Gasteiger partial charge >= 0.3 is 5.97 Å². The fourth-order valence-corrected chi connectivity index (χ4v) is 2.23. The van der Waals surface area contributed by atoms with Crippen LogP contribution in [0.3, 0.4) is 0 Å². The van der Waals surface area contributed by atoms with Gasteiger partial charge in [0, 0.05) is 26.2 Å². The Bertz CT molecular complexity index is 467. The summed E-state index contributed by atoms with van der Waals surface area (Å²) in [6, 6.07) is 7.75. The lowest BCUT2D eigenvalue weighted by atomic mass is 10.2. The third-order valence-corrected chi connectivity index (χ3v) is 3.43. The van der Waals surface area contributed by atoms with E-state index in [0.29, 0.717) is 26.3 Å². The lowest BCUT2D eigenvalue weighted by molar-refractivity contribution is -0.159. The van der Waals surface area contributed by atoms with Crippen molar-refractivity contribution in [2.75, 3.05) is 40.0 Å². The zero-order chi connectivity index (χ0) is 15.1. The number of esters is 1. The number of ether oxygens (including phenoxy) is 3. The van der Waals surface area contributed by atoms with Gasteiger partial charge in [0.1, 0.15) is 12.4 Å². The number of carbonyl (C=O) groups excluding carboxylic acids is 1. The molecule has 116 valence electrons. The van der Waals surface area contributed by atoms with Crippen LogP contribution in [0.2, 0.25) is 0 Å². The molecule has 1 atom stereocenters. The van der Waals surface area contributed by atoms with Gasteiger partial charge in [-0.1, -0.05) is 12.1 Å². The van der Waals surface area contributed by atoms with Crippen molar-refractivity contribution >= 4 is 5.97 Å². The van der Waals surface area contributed by atoms with E-state index in [-0.39, 0.29) is 5.97 Å². The van der Waals surface area contributed by atoms with Crippen LogP contribution in [0.1, 0.15) is 5.56 Å². The summed E-state index contributed by atoms with van der Waals surface area (Å²) in [6.07, 6.45) is -0.496. The molecule has 1 unspecified atom stereocenters. The number of hydrogen-bond acceptors (Lipinski definition) is 6. The molecule has 6 nitrogen and oxygen atoms in total. The summed E-state index contributed by atoms with van der Waals surface area (Å²) in [4.78, 5) is 13.6. The molecule has 1 fully saturated rings. The Hall–Kier alpha value is -1.63. The number of carbonyl (C=O) groups is 1. The molecule has 0 spiro atoms. The summed E-state index contributed by atoms with van der Waals surface area (Å²) in [5.41, 5.74) is 6.65. The molecule has 1 heterocycles. The Balaban J connectivity index is 1.76. The second-order valence-electron chi connectivity index (χ2n) is 4.88. The average Bonchev–Trinajstić information content (AvgIpc) is 2.54. The van der Waals surface area contributed by atoms with Gasteiger partial charge in [0.15, 0.2) is 6.10 Å². The van der Waals surface area contributed by atoms with Crippen molar-refractivity contribution in [2.45, 2.75) is 12.6 Å². The minimum absolute atomic E-state index is 0.323. The number of methoxy groups -OCH3 is 1. The normalized spacial score (nSPS) is 19.2. The van der Waals surface area contributed by atoms with Crippen LogP contribution in [0.25, 0.3) is 0 Å². The third-order valence-electron chi connectivity index (χ3n) is 3.43. The average molecular weight is 294 g/mol. The minimum Gasteiger partial charge on any atom is -0.492 e. The highest BCUT2D eigenvalue weighted by Crippen LogP contribution is 2.13. The molecule has 21 heavy (non-hydrogen) atoms. The van der Waals surface area contributed by atoms with E-state index in [4.69, 9.17) is 19.9 Å². The first-order chi connectivity index (χ1) is 10.2. The summed E-state index contributed by atoms with van der Waals surface area (Å²) in [5, 5.41) is 0. The summed E-state index contributed by atoms with van der Waals surface area (Å²) < 4.78 is 15.8. The van der Waals surface area contributed by atoms with Gasteiger partial charge in [-0.05, 0) is 17.7 Å². The van der Waals surface area contributed by atoms with E-state index in [2.05, 4.69) is 4.90 Å². The Labute approximate surface area is 124 Å². The predicted octanol–water partition coefficient (Wildman–Crippen LogP) is 0.398. The van der Waals surface area contributed by atoms with Crippen LogP contribution in [-0.4, -0.2) is 56.9 Å². The van der Waals surface area contributed by atoms with Crippen molar-refractivity contribution in [3.63, 3.8) is 0 Å². The molecule has 2 rings (SSSR count). The monoisotopic (exact) mass is 294 g/mol. The van der Waals surface area contributed by atoms with Crippen LogP contribution < -0.4 is 10.5 Å². The number of rotatable bonds is 6. The van der Waals surface area contributed by atoms with Crippen LogP contribution in [0.5, 0.6) is 5.75 Å². The van der Waals surface area contributed by atoms with Gasteiger partial charge in [-0.25, -0.2) is 4.79 Å². The second-order valence-corrected chi connectivity index (χ2v) is 4.88. The Kier molecular flexibility index (Phi) is 5.98. The van der Waals surface area contributed by atoms with E-state index in [1.165, 1.54) is 7.11 Å². The molecule has 1 aliphatic rings. The molecule has 0 bridgehead atoms. The van der Waals surface area contributed by atoms with E-state index >= 15 is 0 Å². The maximum absolute atomic E-state index is 11.5. The standard InChI is InChI=1S/C15H22N2O4/c1-19-15(18)14-11-17(6-8-21-14)5-7-20-13-4-2-3-12(9-13)10-16/h2-4,9,14H,5-8,10-11,16H2,1H3. The third kappa shape index (κ3) is 4.70. The van der Waals surface area contributed by atoms with Gasteiger partial charge in [0.25, 0.3) is 0 Å². The summed E-state index contributed by atoms with van der Waals surface area (Å²) in [6.45, 7) is 3.66. The molecule has 0 aromatic heterocycles. The van der Waals surface area contributed by atoms with Gasteiger partial charge in [-0.15, -0.1) is 0 Å². The summed E-state index contributed by atoms with van der Waals surface area (Å²) in [5.74, 6) is 0.493. The number of benzene rings is 1. The van der Waals surface area contributed by atoms with E-state index in [0.717, 1.165) is 24.4 Å². The van der Waals surface area contributed by atoms with Crippen LogP contribution >= 0.6 is 0 Å². The SMILES string of the molecule is COC(=O)C1CN(CCOc2cccc(CN)c2)CCO1. The fourth-order valence-electron chi connectivity index (χ4n) is 2.23. The van der Waals surface area contributed by atoms with Gasteiger partial charge in [-0.2, -0.15) is 0 Å². The quantitative estimate of drug-likeness (QED) is 0.766. The number of morpholine rings is 1. The molecule has 0 amide bonds. The molecule has 0 saturated carbocycles. The summed E-state index contributed by atoms with van der Waals surface area (Å²) >= 11 is 0. The largest absolute Gasteiger partial charge is 0.492 e. The Morgan fingerprint density at radius 3 is 3.14 bits per heavy atom. The van der Waals surface area contributed by atoms with E-state index < -0.39 is 6.10 Å². The van der Waals surface area contributed by atoms with Crippen LogP contribution in [0.4, 0.5) is 0 Å². The van der Waals surface area contributed by atoms with Gasteiger partial charge < -0.3 is 19.9 Å². The molecular formula is C15H22N2O4. The maximum Gasteiger partial charge on any atom is 0.336 e. The highest BCUT2D eigenvalue weighted by molar-refractivity contribution is 5.74. The topological polar surface area (TPSA) is 74.0 Å². The number of nitrogens with zero attached hydrogens (tertiary/aromatic N) is 1.